The predicted octanol–water partition coefficient (Wildman–Crippen LogP) is 2.86. The Labute approximate surface area is 175 Å². The van der Waals surface area contributed by atoms with Gasteiger partial charge in [-0.1, -0.05) is 18.2 Å². The van der Waals surface area contributed by atoms with Crippen LogP contribution >= 0.6 is 0 Å². The lowest BCUT2D eigenvalue weighted by molar-refractivity contribution is -0.135. The molecule has 1 heterocycles. The zero-order valence-corrected chi connectivity index (χ0v) is 17.2. The summed E-state index contributed by atoms with van der Waals surface area (Å²) >= 11 is 0. The Bertz CT molecular complexity index is 965. The molecule has 0 spiro atoms. The molecule has 0 atom stereocenters. The normalized spacial score (nSPS) is 17.4. The Hall–Kier alpha value is -3.09. The van der Waals surface area contributed by atoms with E-state index in [0.29, 0.717) is 43.2 Å². The molecule has 1 aliphatic carbocycles. The van der Waals surface area contributed by atoms with Gasteiger partial charge in [-0.2, -0.15) is 0 Å². The number of hydrogen-bond acceptors (Lipinski definition) is 4. The topological polar surface area (TPSA) is 59.1 Å². The van der Waals surface area contributed by atoms with E-state index in [1.807, 2.05) is 6.07 Å². The fourth-order valence-electron chi connectivity index (χ4n) is 4.18. The highest BCUT2D eigenvalue weighted by atomic mass is 19.1. The molecule has 0 bridgehead atoms. The van der Waals surface area contributed by atoms with Gasteiger partial charge in [0.05, 0.1) is 25.2 Å². The first kappa shape index (κ1) is 20.2. The van der Waals surface area contributed by atoms with Gasteiger partial charge in [0.1, 0.15) is 5.82 Å². The van der Waals surface area contributed by atoms with Crippen LogP contribution in [0, 0.1) is 5.82 Å². The Morgan fingerprint density at radius 3 is 2.20 bits per heavy atom. The first-order chi connectivity index (χ1) is 14.5. The molecular weight excluding hydrogens is 387 g/mol. The van der Waals surface area contributed by atoms with Crippen molar-refractivity contribution in [3.63, 3.8) is 0 Å². The van der Waals surface area contributed by atoms with Gasteiger partial charge in [0.15, 0.2) is 11.5 Å². The number of halogens is 1. The smallest absolute Gasteiger partial charge is 0.257 e. The van der Waals surface area contributed by atoms with Gasteiger partial charge in [-0.15, -0.1) is 0 Å². The standard InChI is InChI=1S/C23H25FN2O4/c1-29-19-8-4-7-18(20(19)30-2)21(27)25-11-13-26(14-12-25)22(28)23(9-10-23)16-5-3-6-17(24)15-16/h3-8,15H,9-14H2,1-2H3. The number of carbonyl (C=O) groups excluding carboxylic acids is 2. The van der Waals surface area contributed by atoms with Crippen LogP contribution in [0.5, 0.6) is 11.5 Å². The quantitative estimate of drug-likeness (QED) is 0.758. The number of para-hydroxylation sites is 1. The van der Waals surface area contributed by atoms with Crippen molar-refractivity contribution in [3.8, 4) is 11.5 Å². The maximum absolute atomic E-state index is 13.7. The average molecular weight is 412 g/mol. The largest absolute Gasteiger partial charge is 0.493 e. The molecule has 0 N–H and O–H groups in total. The fourth-order valence-corrected chi connectivity index (χ4v) is 4.18. The Kier molecular flexibility index (Phi) is 5.37. The van der Waals surface area contributed by atoms with Crippen LogP contribution in [0.15, 0.2) is 42.5 Å². The summed E-state index contributed by atoms with van der Waals surface area (Å²) in [5.41, 5.74) is 0.576. The minimum Gasteiger partial charge on any atom is -0.493 e. The van der Waals surface area contributed by atoms with Gasteiger partial charge in [-0.25, -0.2) is 4.39 Å². The third-order valence-electron chi connectivity index (χ3n) is 6.02. The van der Waals surface area contributed by atoms with Crippen LogP contribution in [-0.4, -0.2) is 62.0 Å². The zero-order valence-electron chi connectivity index (χ0n) is 17.2. The van der Waals surface area contributed by atoms with Crippen molar-refractivity contribution in [2.24, 2.45) is 0 Å². The van der Waals surface area contributed by atoms with E-state index in [1.54, 1.807) is 34.1 Å². The number of rotatable bonds is 5. The number of amides is 2. The second-order valence-electron chi connectivity index (χ2n) is 7.72. The highest BCUT2D eigenvalue weighted by molar-refractivity contribution is 5.98. The number of nitrogens with zero attached hydrogens (tertiary/aromatic N) is 2. The summed E-state index contributed by atoms with van der Waals surface area (Å²) in [5.74, 6) is 0.465. The third kappa shape index (κ3) is 3.49. The molecule has 2 aromatic carbocycles. The molecule has 1 aliphatic heterocycles. The molecule has 2 aliphatic rings. The number of carbonyl (C=O) groups is 2. The molecule has 0 aromatic heterocycles. The molecule has 1 saturated heterocycles. The van der Waals surface area contributed by atoms with E-state index in [1.165, 1.54) is 26.4 Å². The van der Waals surface area contributed by atoms with Crippen molar-refractivity contribution in [1.29, 1.82) is 0 Å². The summed E-state index contributed by atoms with van der Waals surface area (Å²) in [6.45, 7) is 1.77. The highest BCUT2D eigenvalue weighted by Gasteiger charge is 2.53. The van der Waals surface area contributed by atoms with Gasteiger partial charge < -0.3 is 19.3 Å². The maximum atomic E-state index is 13.7. The van der Waals surface area contributed by atoms with E-state index in [4.69, 9.17) is 9.47 Å². The molecule has 0 radical (unpaired) electrons. The predicted molar refractivity (Wildman–Crippen MR) is 109 cm³/mol. The van der Waals surface area contributed by atoms with Crippen molar-refractivity contribution in [3.05, 3.63) is 59.4 Å². The van der Waals surface area contributed by atoms with Crippen molar-refractivity contribution in [2.45, 2.75) is 18.3 Å². The number of methoxy groups -OCH3 is 2. The van der Waals surface area contributed by atoms with Crippen LogP contribution in [0.3, 0.4) is 0 Å². The van der Waals surface area contributed by atoms with Crippen molar-refractivity contribution >= 4 is 11.8 Å². The summed E-state index contributed by atoms with van der Waals surface area (Å²) in [7, 11) is 3.04. The molecule has 2 amide bonds. The van der Waals surface area contributed by atoms with Crippen molar-refractivity contribution < 1.29 is 23.5 Å². The van der Waals surface area contributed by atoms with Crippen molar-refractivity contribution in [2.75, 3.05) is 40.4 Å². The number of hydrogen-bond donors (Lipinski definition) is 0. The lowest BCUT2D eigenvalue weighted by Gasteiger charge is -2.37. The van der Waals surface area contributed by atoms with Crippen LogP contribution in [0.25, 0.3) is 0 Å². The third-order valence-corrected chi connectivity index (χ3v) is 6.02. The highest BCUT2D eigenvalue weighted by Crippen LogP contribution is 2.49. The van der Waals surface area contributed by atoms with Gasteiger partial charge in [0, 0.05) is 26.2 Å². The second-order valence-corrected chi connectivity index (χ2v) is 7.72. The summed E-state index contributed by atoms with van der Waals surface area (Å²) in [5, 5.41) is 0. The second kappa shape index (κ2) is 7.97. The first-order valence-corrected chi connectivity index (χ1v) is 10.1. The maximum Gasteiger partial charge on any atom is 0.257 e. The molecule has 1 saturated carbocycles. The number of ether oxygens (including phenoxy) is 2. The molecule has 7 heteroatoms. The molecule has 158 valence electrons. The first-order valence-electron chi connectivity index (χ1n) is 10.1. The van der Waals surface area contributed by atoms with Gasteiger partial charge in [-0.05, 0) is 42.7 Å². The molecule has 0 unspecified atom stereocenters. The lowest BCUT2D eigenvalue weighted by atomic mass is 9.94. The number of piperazine rings is 1. The minimum absolute atomic E-state index is 0.0270. The molecule has 2 fully saturated rings. The lowest BCUT2D eigenvalue weighted by Crippen LogP contribution is -2.53. The van der Waals surface area contributed by atoms with Gasteiger partial charge in [0.2, 0.25) is 5.91 Å². The summed E-state index contributed by atoms with van der Waals surface area (Å²) in [4.78, 5) is 29.7. The van der Waals surface area contributed by atoms with E-state index in [0.717, 1.165) is 18.4 Å². The van der Waals surface area contributed by atoms with Gasteiger partial charge in [0.25, 0.3) is 5.91 Å². The van der Waals surface area contributed by atoms with E-state index in [2.05, 4.69) is 0 Å². The molecule has 2 aromatic rings. The molecule has 6 nitrogen and oxygen atoms in total. The van der Waals surface area contributed by atoms with E-state index in [-0.39, 0.29) is 17.6 Å². The monoisotopic (exact) mass is 412 g/mol. The Morgan fingerprint density at radius 2 is 1.60 bits per heavy atom. The van der Waals surface area contributed by atoms with Crippen LogP contribution in [0.2, 0.25) is 0 Å². The number of benzene rings is 2. The Morgan fingerprint density at radius 1 is 0.933 bits per heavy atom. The summed E-state index contributed by atoms with van der Waals surface area (Å²) in [6, 6.07) is 11.5. The van der Waals surface area contributed by atoms with Crippen LogP contribution in [-0.2, 0) is 10.2 Å². The molecular formula is C23H25FN2O4. The van der Waals surface area contributed by atoms with Crippen molar-refractivity contribution in [1.82, 2.24) is 9.80 Å². The van der Waals surface area contributed by atoms with Crippen LogP contribution in [0.4, 0.5) is 4.39 Å². The van der Waals surface area contributed by atoms with E-state index < -0.39 is 5.41 Å². The zero-order chi connectivity index (χ0) is 21.3. The van der Waals surface area contributed by atoms with Crippen LogP contribution in [0.1, 0.15) is 28.8 Å². The van der Waals surface area contributed by atoms with E-state index in [9.17, 15) is 14.0 Å². The van der Waals surface area contributed by atoms with Gasteiger partial charge in [-0.3, -0.25) is 9.59 Å². The van der Waals surface area contributed by atoms with Gasteiger partial charge >= 0.3 is 0 Å². The fraction of sp³-hybridized carbons (Fsp3) is 0.391. The Balaban J connectivity index is 1.44. The minimum atomic E-state index is -0.607. The van der Waals surface area contributed by atoms with Crippen LogP contribution < -0.4 is 9.47 Å². The summed E-state index contributed by atoms with van der Waals surface area (Å²) in [6.07, 6.45) is 1.46. The summed E-state index contributed by atoms with van der Waals surface area (Å²) < 4.78 is 24.3. The average Bonchev–Trinajstić information content (AvgIpc) is 3.59. The molecule has 30 heavy (non-hydrogen) atoms. The SMILES string of the molecule is COc1cccc(C(=O)N2CCN(C(=O)C3(c4cccc(F)c4)CC3)CC2)c1OC. The van der Waals surface area contributed by atoms with E-state index >= 15 is 0 Å². The molecule has 4 rings (SSSR count).